The fourth-order valence-electron chi connectivity index (χ4n) is 3.66. The van der Waals surface area contributed by atoms with Gasteiger partial charge in [0.1, 0.15) is 11.8 Å². The summed E-state index contributed by atoms with van der Waals surface area (Å²) in [5.74, 6) is 0.227. The molecule has 1 atom stereocenters. The topological polar surface area (TPSA) is 96.0 Å². The molecule has 0 heterocycles. The normalized spacial score (nSPS) is 12.0. The molecule has 9 heteroatoms. The molecule has 8 nitrogen and oxygen atoms in total. The highest BCUT2D eigenvalue weighted by Crippen LogP contribution is 2.20. The maximum atomic E-state index is 13.3. The van der Waals surface area contributed by atoms with Gasteiger partial charge in [-0.3, -0.25) is 13.9 Å². The van der Waals surface area contributed by atoms with Crippen molar-refractivity contribution in [1.82, 2.24) is 10.2 Å². The van der Waals surface area contributed by atoms with E-state index in [4.69, 9.17) is 4.74 Å². The van der Waals surface area contributed by atoms with Gasteiger partial charge in [-0.2, -0.15) is 0 Å². The number of rotatable bonds is 13. The lowest BCUT2D eigenvalue weighted by atomic mass is 10.1. The third kappa shape index (κ3) is 8.58. The lowest BCUT2D eigenvalue weighted by Gasteiger charge is -2.29. The Morgan fingerprint density at radius 3 is 2.40 bits per heavy atom. The molecule has 0 saturated carbocycles. The van der Waals surface area contributed by atoms with Crippen LogP contribution in [0.15, 0.2) is 48.5 Å². The van der Waals surface area contributed by atoms with Gasteiger partial charge in [0.2, 0.25) is 21.8 Å². The average Bonchev–Trinajstić information content (AvgIpc) is 2.83. The molecule has 2 aromatic carbocycles. The van der Waals surface area contributed by atoms with E-state index in [0.29, 0.717) is 24.4 Å². The van der Waals surface area contributed by atoms with Crippen LogP contribution in [0.4, 0.5) is 5.69 Å². The van der Waals surface area contributed by atoms with E-state index in [1.165, 1.54) is 9.21 Å². The number of carbonyl (C=O) groups is 2. The summed E-state index contributed by atoms with van der Waals surface area (Å²) in [4.78, 5) is 27.5. The molecule has 0 radical (unpaired) electrons. The number of aryl methyl sites for hydroxylation is 1. The summed E-state index contributed by atoms with van der Waals surface area (Å²) in [5.41, 5.74) is 2.43. The molecule has 0 aromatic heterocycles. The number of benzene rings is 2. The Bertz CT molecular complexity index is 1090. The van der Waals surface area contributed by atoms with E-state index in [1.807, 2.05) is 50.2 Å². The van der Waals surface area contributed by atoms with Crippen molar-refractivity contribution in [2.45, 2.75) is 52.6 Å². The van der Waals surface area contributed by atoms with Crippen LogP contribution in [-0.4, -0.2) is 57.6 Å². The van der Waals surface area contributed by atoms with Crippen LogP contribution >= 0.6 is 0 Å². The van der Waals surface area contributed by atoms with Crippen molar-refractivity contribution in [3.05, 3.63) is 59.7 Å². The number of amides is 2. The van der Waals surface area contributed by atoms with Gasteiger partial charge in [0.25, 0.3) is 0 Å². The number of sulfonamides is 1. The van der Waals surface area contributed by atoms with E-state index in [-0.39, 0.29) is 31.3 Å². The van der Waals surface area contributed by atoms with Gasteiger partial charge in [-0.15, -0.1) is 0 Å². The minimum atomic E-state index is -3.51. The van der Waals surface area contributed by atoms with Crippen molar-refractivity contribution in [2.24, 2.45) is 0 Å². The number of ether oxygens (including phenoxy) is 1. The van der Waals surface area contributed by atoms with Crippen LogP contribution in [0.5, 0.6) is 5.75 Å². The van der Waals surface area contributed by atoms with E-state index < -0.39 is 16.1 Å². The monoisotopic (exact) mass is 503 g/mol. The Labute approximate surface area is 209 Å². The third-order valence-electron chi connectivity index (χ3n) is 5.68. The number of hydrogen-bond donors (Lipinski definition) is 1. The van der Waals surface area contributed by atoms with Crippen molar-refractivity contribution in [2.75, 3.05) is 30.8 Å². The van der Waals surface area contributed by atoms with Crippen LogP contribution < -0.4 is 14.4 Å². The Morgan fingerprint density at radius 2 is 1.80 bits per heavy atom. The highest BCUT2D eigenvalue weighted by Gasteiger charge is 2.26. The molecule has 0 aliphatic carbocycles. The number of anilines is 1. The van der Waals surface area contributed by atoms with Gasteiger partial charge in [0.05, 0.1) is 19.1 Å². The number of nitrogens with zero attached hydrogens (tertiary/aromatic N) is 2. The Morgan fingerprint density at radius 1 is 1.11 bits per heavy atom. The smallest absolute Gasteiger partial charge is 0.242 e. The minimum absolute atomic E-state index is 0.104. The molecule has 35 heavy (non-hydrogen) atoms. The number of nitrogens with one attached hydrogen (secondary N) is 1. The summed E-state index contributed by atoms with van der Waals surface area (Å²) in [6.45, 7) is 6.54. The van der Waals surface area contributed by atoms with Crippen LogP contribution in [0, 0.1) is 6.92 Å². The van der Waals surface area contributed by atoms with Crippen LogP contribution in [0.25, 0.3) is 0 Å². The molecule has 0 aliphatic heterocycles. The second-order valence-corrected chi connectivity index (χ2v) is 10.5. The fourth-order valence-corrected chi connectivity index (χ4v) is 4.63. The van der Waals surface area contributed by atoms with E-state index in [2.05, 4.69) is 5.32 Å². The first-order chi connectivity index (χ1) is 16.6. The van der Waals surface area contributed by atoms with Gasteiger partial charge in [0, 0.05) is 26.1 Å². The van der Waals surface area contributed by atoms with Crippen molar-refractivity contribution in [3.63, 3.8) is 0 Å². The summed E-state index contributed by atoms with van der Waals surface area (Å²) in [6.07, 6.45) is 2.37. The standard InChI is InChI=1S/C26H37N3O5S/c1-6-16-27-26(31)21(3)28(19-22-9-7-10-24(18-22)34-4)25(30)11-8-17-29(35(5,32)33)23-14-12-20(2)13-15-23/h7,9-10,12-15,18,21H,6,8,11,16-17,19H2,1-5H3,(H,27,31)/t21-/m1/s1. The molecule has 0 fully saturated rings. The van der Waals surface area contributed by atoms with Gasteiger partial charge in [-0.1, -0.05) is 36.8 Å². The van der Waals surface area contributed by atoms with Crippen molar-refractivity contribution < 1.29 is 22.7 Å². The zero-order valence-corrected chi connectivity index (χ0v) is 22.1. The maximum Gasteiger partial charge on any atom is 0.242 e. The largest absolute Gasteiger partial charge is 0.497 e. The molecule has 0 aliphatic rings. The molecule has 2 amide bonds. The van der Waals surface area contributed by atoms with Crippen molar-refractivity contribution >= 4 is 27.5 Å². The van der Waals surface area contributed by atoms with Gasteiger partial charge >= 0.3 is 0 Å². The molecule has 2 aromatic rings. The van der Waals surface area contributed by atoms with Crippen LogP contribution in [-0.2, 0) is 26.2 Å². The predicted molar refractivity (Wildman–Crippen MR) is 139 cm³/mol. The molecule has 2 rings (SSSR count). The number of methoxy groups -OCH3 is 1. The van der Waals surface area contributed by atoms with Crippen molar-refractivity contribution in [3.8, 4) is 5.75 Å². The predicted octanol–water partition coefficient (Wildman–Crippen LogP) is 3.49. The van der Waals surface area contributed by atoms with E-state index in [9.17, 15) is 18.0 Å². The summed E-state index contributed by atoms with van der Waals surface area (Å²) in [7, 11) is -1.94. The highest BCUT2D eigenvalue weighted by atomic mass is 32.2. The fraction of sp³-hybridized carbons (Fsp3) is 0.462. The van der Waals surface area contributed by atoms with Gasteiger partial charge in [-0.05, 0) is 56.5 Å². The Hall–Kier alpha value is -3.07. The Kier molecular flexibility index (Phi) is 10.6. The van der Waals surface area contributed by atoms with E-state index >= 15 is 0 Å². The zero-order valence-electron chi connectivity index (χ0n) is 21.3. The highest BCUT2D eigenvalue weighted by molar-refractivity contribution is 7.92. The Balaban J connectivity index is 2.16. The maximum absolute atomic E-state index is 13.3. The third-order valence-corrected chi connectivity index (χ3v) is 6.87. The zero-order chi connectivity index (χ0) is 26.0. The molecule has 192 valence electrons. The number of carbonyl (C=O) groups excluding carboxylic acids is 2. The molecule has 0 saturated heterocycles. The van der Waals surface area contributed by atoms with Gasteiger partial charge < -0.3 is 15.0 Å². The average molecular weight is 504 g/mol. The van der Waals surface area contributed by atoms with Crippen LogP contribution in [0.1, 0.15) is 44.2 Å². The number of hydrogen-bond acceptors (Lipinski definition) is 5. The SMILES string of the molecule is CCCNC(=O)[C@@H](C)N(Cc1cccc(OC)c1)C(=O)CCCN(c1ccc(C)cc1)S(C)(=O)=O. The molecule has 0 spiro atoms. The minimum Gasteiger partial charge on any atom is -0.497 e. The lowest BCUT2D eigenvalue weighted by molar-refractivity contribution is -0.140. The first-order valence-corrected chi connectivity index (χ1v) is 13.7. The van der Waals surface area contributed by atoms with E-state index in [1.54, 1.807) is 26.2 Å². The summed E-state index contributed by atoms with van der Waals surface area (Å²) >= 11 is 0. The van der Waals surface area contributed by atoms with Crippen LogP contribution in [0.3, 0.4) is 0 Å². The second-order valence-electron chi connectivity index (χ2n) is 8.61. The van der Waals surface area contributed by atoms with Gasteiger partial charge in [0.15, 0.2) is 0 Å². The summed E-state index contributed by atoms with van der Waals surface area (Å²) < 4.78 is 31.4. The summed E-state index contributed by atoms with van der Waals surface area (Å²) in [6, 6.07) is 13.9. The molecular weight excluding hydrogens is 466 g/mol. The first kappa shape index (κ1) is 28.2. The second kappa shape index (κ2) is 13.1. The summed E-state index contributed by atoms with van der Waals surface area (Å²) in [5, 5.41) is 2.85. The quantitative estimate of drug-likeness (QED) is 0.451. The molecule has 0 unspecified atom stereocenters. The van der Waals surface area contributed by atoms with Crippen LogP contribution in [0.2, 0.25) is 0 Å². The van der Waals surface area contributed by atoms with Crippen molar-refractivity contribution in [1.29, 1.82) is 0 Å². The molecule has 1 N–H and O–H groups in total. The lowest BCUT2D eigenvalue weighted by Crippen LogP contribution is -2.47. The molecule has 0 bridgehead atoms. The van der Waals surface area contributed by atoms with Gasteiger partial charge in [-0.25, -0.2) is 8.42 Å². The first-order valence-electron chi connectivity index (χ1n) is 11.8. The van der Waals surface area contributed by atoms with E-state index in [0.717, 1.165) is 23.8 Å². The molecular formula is C26H37N3O5S.